The summed E-state index contributed by atoms with van der Waals surface area (Å²) in [6, 6.07) is 18.9. The van der Waals surface area contributed by atoms with Crippen LogP contribution in [0.15, 0.2) is 71.4 Å². The molecule has 0 radical (unpaired) electrons. The minimum atomic E-state index is -0.427. The molecule has 0 saturated heterocycles. The van der Waals surface area contributed by atoms with Crippen molar-refractivity contribution in [1.82, 2.24) is 0 Å². The van der Waals surface area contributed by atoms with Crippen LogP contribution in [0, 0.1) is 11.3 Å². The Labute approximate surface area is 172 Å². The van der Waals surface area contributed by atoms with Crippen molar-refractivity contribution in [3.05, 3.63) is 93.0 Å². The molecule has 1 aliphatic heterocycles. The number of ether oxygens (including phenoxy) is 2. The van der Waals surface area contributed by atoms with Crippen molar-refractivity contribution in [1.29, 1.82) is 5.26 Å². The van der Waals surface area contributed by atoms with Gasteiger partial charge < -0.3 is 15.2 Å². The third-order valence-corrected chi connectivity index (χ3v) is 5.69. The number of hydrogen-bond acceptors (Lipinski definition) is 6. The zero-order valence-electron chi connectivity index (χ0n) is 15.7. The van der Waals surface area contributed by atoms with Crippen molar-refractivity contribution in [3.63, 3.8) is 0 Å². The second-order valence-corrected chi connectivity index (χ2v) is 7.53. The Bertz CT molecular complexity index is 1130. The highest BCUT2D eigenvalue weighted by molar-refractivity contribution is 7.12. The standard InChI is InChI=1S/C23H18N2O3S/c1-2-14-5-7-15(8-6-14)21-17-10-9-16(27-23(26)20-4-3-11-29-20)12-19(17)28-22(25)18(21)13-24/h3-12,21H,2,25H2,1H3. The molecule has 0 bridgehead atoms. The van der Waals surface area contributed by atoms with E-state index in [-0.39, 0.29) is 11.8 Å². The molecule has 4 rings (SSSR count). The van der Waals surface area contributed by atoms with Gasteiger partial charge in [-0.2, -0.15) is 5.26 Å². The minimum absolute atomic E-state index is 0.0614. The van der Waals surface area contributed by atoms with Gasteiger partial charge in [0.15, 0.2) is 0 Å². The number of benzene rings is 2. The Kier molecular flexibility index (Phi) is 5.07. The van der Waals surface area contributed by atoms with Crippen LogP contribution in [-0.4, -0.2) is 5.97 Å². The fourth-order valence-corrected chi connectivity index (χ4v) is 3.94. The molecule has 2 N–H and O–H groups in total. The highest BCUT2D eigenvalue weighted by Crippen LogP contribution is 2.43. The third kappa shape index (κ3) is 3.60. The van der Waals surface area contributed by atoms with Gasteiger partial charge >= 0.3 is 5.97 Å². The quantitative estimate of drug-likeness (QED) is 0.503. The first kappa shape index (κ1) is 18.8. The van der Waals surface area contributed by atoms with E-state index >= 15 is 0 Å². The van der Waals surface area contributed by atoms with E-state index in [1.165, 1.54) is 16.9 Å². The Morgan fingerprint density at radius 3 is 2.69 bits per heavy atom. The molecule has 6 heteroatoms. The van der Waals surface area contributed by atoms with Crippen LogP contribution in [0.5, 0.6) is 11.5 Å². The van der Waals surface area contributed by atoms with Gasteiger partial charge in [-0.15, -0.1) is 11.3 Å². The molecule has 1 unspecified atom stereocenters. The molecule has 0 fully saturated rings. The van der Waals surface area contributed by atoms with Crippen molar-refractivity contribution in [2.45, 2.75) is 19.3 Å². The normalized spacial score (nSPS) is 15.2. The summed E-state index contributed by atoms with van der Waals surface area (Å²) in [5, 5.41) is 11.5. The lowest BCUT2D eigenvalue weighted by Gasteiger charge is -2.26. The van der Waals surface area contributed by atoms with E-state index in [1.54, 1.807) is 24.3 Å². The van der Waals surface area contributed by atoms with Crippen LogP contribution in [0.25, 0.3) is 0 Å². The number of nitriles is 1. The van der Waals surface area contributed by atoms with Crippen LogP contribution in [0.2, 0.25) is 0 Å². The van der Waals surface area contributed by atoms with Crippen molar-refractivity contribution < 1.29 is 14.3 Å². The lowest BCUT2D eigenvalue weighted by Crippen LogP contribution is -2.21. The molecule has 2 aromatic carbocycles. The summed E-state index contributed by atoms with van der Waals surface area (Å²) in [6.07, 6.45) is 0.937. The van der Waals surface area contributed by atoms with Gasteiger partial charge in [-0.3, -0.25) is 0 Å². The van der Waals surface area contributed by atoms with Crippen LogP contribution in [0.4, 0.5) is 0 Å². The molecule has 144 valence electrons. The maximum absolute atomic E-state index is 12.2. The zero-order valence-corrected chi connectivity index (χ0v) is 16.5. The van der Waals surface area contributed by atoms with E-state index in [0.717, 1.165) is 17.5 Å². The molecule has 0 saturated carbocycles. The predicted molar refractivity (Wildman–Crippen MR) is 111 cm³/mol. The first-order valence-electron chi connectivity index (χ1n) is 9.16. The number of nitrogens with zero attached hydrogens (tertiary/aromatic N) is 1. The Hall–Kier alpha value is -3.56. The number of fused-ring (bicyclic) bond motifs is 1. The number of allylic oxidation sites excluding steroid dienone is 1. The summed E-state index contributed by atoms with van der Waals surface area (Å²) in [6.45, 7) is 2.09. The summed E-state index contributed by atoms with van der Waals surface area (Å²) in [5.41, 5.74) is 9.38. The van der Waals surface area contributed by atoms with Gasteiger partial charge in [-0.25, -0.2) is 4.79 Å². The first-order valence-corrected chi connectivity index (χ1v) is 10.0. The molecule has 0 spiro atoms. The number of thiophene rings is 1. The predicted octanol–water partition coefficient (Wildman–Crippen LogP) is 4.75. The SMILES string of the molecule is CCc1ccc(C2C(C#N)=C(N)Oc3cc(OC(=O)c4cccs4)ccc32)cc1. The van der Waals surface area contributed by atoms with Gasteiger partial charge in [-0.1, -0.05) is 43.3 Å². The summed E-state index contributed by atoms with van der Waals surface area (Å²) < 4.78 is 11.1. The second-order valence-electron chi connectivity index (χ2n) is 6.59. The number of rotatable bonds is 4. The van der Waals surface area contributed by atoms with Gasteiger partial charge in [-0.05, 0) is 35.1 Å². The molecule has 0 aliphatic carbocycles. The maximum atomic E-state index is 12.2. The average Bonchev–Trinajstić information content (AvgIpc) is 3.28. The molecule has 3 aromatic rings. The van der Waals surface area contributed by atoms with E-state index in [4.69, 9.17) is 15.2 Å². The zero-order chi connectivity index (χ0) is 20.4. The monoisotopic (exact) mass is 402 g/mol. The number of carbonyl (C=O) groups is 1. The topological polar surface area (TPSA) is 85.3 Å². The van der Waals surface area contributed by atoms with E-state index < -0.39 is 5.97 Å². The van der Waals surface area contributed by atoms with Crippen molar-refractivity contribution in [2.24, 2.45) is 5.73 Å². The van der Waals surface area contributed by atoms with Crippen molar-refractivity contribution in [3.8, 4) is 17.6 Å². The molecular weight excluding hydrogens is 384 g/mol. The molecule has 1 atom stereocenters. The summed E-state index contributed by atoms with van der Waals surface area (Å²) in [5.74, 6) is 0.129. The summed E-state index contributed by atoms with van der Waals surface area (Å²) >= 11 is 1.31. The van der Waals surface area contributed by atoms with Gasteiger partial charge in [0, 0.05) is 11.6 Å². The minimum Gasteiger partial charge on any atom is -0.440 e. The first-order chi connectivity index (χ1) is 14.1. The van der Waals surface area contributed by atoms with Gasteiger partial charge in [0.05, 0.1) is 5.92 Å². The summed E-state index contributed by atoms with van der Waals surface area (Å²) in [7, 11) is 0. The van der Waals surface area contributed by atoms with Gasteiger partial charge in [0.25, 0.3) is 0 Å². The number of hydrogen-bond donors (Lipinski definition) is 1. The largest absolute Gasteiger partial charge is 0.440 e. The van der Waals surface area contributed by atoms with Gasteiger partial charge in [0.2, 0.25) is 5.88 Å². The molecule has 1 aromatic heterocycles. The molecule has 2 heterocycles. The molecule has 29 heavy (non-hydrogen) atoms. The summed E-state index contributed by atoms with van der Waals surface area (Å²) in [4.78, 5) is 12.7. The van der Waals surface area contributed by atoms with E-state index in [9.17, 15) is 10.1 Å². The number of nitrogens with two attached hydrogens (primary N) is 1. The average molecular weight is 402 g/mol. The van der Waals surface area contributed by atoms with E-state index in [0.29, 0.717) is 21.9 Å². The van der Waals surface area contributed by atoms with Crippen LogP contribution in [0.1, 0.15) is 39.2 Å². The Morgan fingerprint density at radius 2 is 2.03 bits per heavy atom. The lowest BCUT2D eigenvalue weighted by molar-refractivity contribution is 0.0739. The number of carbonyl (C=O) groups excluding carboxylic acids is 1. The number of aryl methyl sites for hydroxylation is 1. The highest BCUT2D eigenvalue weighted by Gasteiger charge is 2.31. The number of esters is 1. The van der Waals surface area contributed by atoms with E-state index in [1.807, 2.05) is 35.7 Å². The fraction of sp³-hybridized carbons (Fsp3) is 0.130. The lowest BCUT2D eigenvalue weighted by atomic mass is 9.83. The fourth-order valence-electron chi connectivity index (χ4n) is 3.34. The van der Waals surface area contributed by atoms with Crippen LogP contribution < -0.4 is 15.2 Å². The van der Waals surface area contributed by atoms with E-state index in [2.05, 4.69) is 13.0 Å². The Balaban J connectivity index is 1.70. The second kappa shape index (κ2) is 7.82. The van der Waals surface area contributed by atoms with Crippen LogP contribution in [-0.2, 0) is 6.42 Å². The van der Waals surface area contributed by atoms with Crippen molar-refractivity contribution in [2.75, 3.05) is 0 Å². The highest BCUT2D eigenvalue weighted by atomic mass is 32.1. The molecule has 0 amide bonds. The van der Waals surface area contributed by atoms with Gasteiger partial charge in [0.1, 0.15) is 28.0 Å². The molecule has 1 aliphatic rings. The molecule has 5 nitrogen and oxygen atoms in total. The van der Waals surface area contributed by atoms with Crippen LogP contribution in [0.3, 0.4) is 0 Å². The maximum Gasteiger partial charge on any atom is 0.353 e. The van der Waals surface area contributed by atoms with Crippen molar-refractivity contribution >= 4 is 17.3 Å². The third-order valence-electron chi connectivity index (χ3n) is 4.84. The smallest absolute Gasteiger partial charge is 0.353 e. The van der Waals surface area contributed by atoms with Crippen LogP contribution >= 0.6 is 11.3 Å². The molecular formula is C23H18N2O3S. The Morgan fingerprint density at radius 1 is 1.24 bits per heavy atom.